The van der Waals surface area contributed by atoms with Crippen molar-refractivity contribution < 1.29 is 4.79 Å². The van der Waals surface area contributed by atoms with Gasteiger partial charge in [-0.25, -0.2) is 4.98 Å². The second-order valence-corrected chi connectivity index (χ2v) is 8.82. The first kappa shape index (κ1) is 21.3. The number of fused-ring (bicyclic) bond motifs is 1. The average Bonchev–Trinajstić information content (AvgIpc) is 3.11. The van der Waals surface area contributed by atoms with Gasteiger partial charge >= 0.3 is 0 Å². The van der Waals surface area contributed by atoms with E-state index in [4.69, 9.17) is 4.98 Å². The van der Waals surface area contributed by atoms with Gasteiger partial charge in [0.1, 0.15) is 5.82 Å². The lowest BCUT2D eigenvalue weighted by molar-refractivity contribution is 0.0953. The fraction of sp³-hybridized carbons (Fsp3) is 0.231. The second kappa shape index (κ2) is 9.48. The lowest BCUT2D eigenvalue weighted by atomic mass is 10.1. The third-order valence-corrected chi connectivity index (χ3v) is 6.01. The molecule has 0 aliphatic rings. The Hall–Kier alpha value is -2.92. The van der Waals surface area contributed by atoms with Crippen molar-refractivity contribution in [1.29, 1.82) is 0 Å². The lowest BCUT2D eigenvalue weighted by Crippen LogP contribution is -2.25. The summed E-state index contributed by atoms with van der Waals surface area (Å²) in [6.45, 7) is 5.70. The molecule has 1 amide bonds. The van der Waals surface area contributed by atoms with Crippen LogP contribution in [0.25, 0.3) is 11.0 Å². The highest BCUT2D eigenvalue weighted by molar-refractivity contribution is 9.10. The van der Waals surface area contributed by atoms with Crippen molar-refractivity contribution >= 4 is 32.9 Å². The van der Waals surface area contributed by atoms with Crippen LogP contribution in [0, 0.1) is 13.8 Å². The van der Waals surface area contributed by atoms with Crippen LogP contribution in [0.4, 0.5) is 0 Å². The predicted octanol–water partition coefficient (Wildman–Crippen LogP) is 5.83. The molecule has 4 rings (SSSR count). The summed E-state index contributed by atoms with van der Waals surface area (Å²) in [4.78, 5) is 17.3. The highest BCUT2D eigenvalue weighted by Crippen LogP contribution is 2.21. The monoisotopic (exact) mass is 475 g/mol. The first-order chi connectivity index (χ1) is 15.0. The number of aryl methyl sites for hydroxylation is 3. The van der Waals surface area contributed by atoms with E-state index in [0.717, 1.165) is 40.7 Å². The molecule has 0 aliphatic carbocycles. The van der Waals surface area contributed by atoms with E-state index in [1.165, 1.54) is 16.7 Å². The first-order valence-corrected chi connectivity index (χ1v) is 11.3. The van der Waals surface area contributed by atoms with Crippen molar-refractivity contribution in [1.82, 2.24) is 14.9 Å². The number of aromatic nitrogens is 2. The van der Waals surface area contributed by atoms with Crippen molar-refractivity contribution in [3.63, 3.8) is 0 Å². The normalized spacial score (nSPS) is 11.1. The van der Waals surface area contributed by atoms with Gasteiger partial charge < -0.3 is 9.88 Å². The summed E-state index contributed by atoms with van der Waals surface area (Å²) < 4.78 is 3.22. The molecule has 4 aromatic rings. The van der Waals surface area contributed by atoms with Crippen molar-refractivity contribution in [2.24, 2.45) is 0 Å². The Balaban J connectivity index is 1.48. The third kappa shape index (κ3) is 5.05. The van der Waals surface area contributed by atoms with Crippen LogP contribution in [0.1, 0.15) is 39.3 Å². The molecule has 3 aromatic carbocycles. The van der Waals surface area contributed by atoms with Gasteiger partial charge in [-0.15, -0.1) is 0 Å². The zero-order chi connectivity index (χ0) is 21.8. The summed E-state index contributed by atoms with van der Waals surface area (Å²) in [5.41, 5.74) is 6.69. The number of para-hydroxylation sites is 2. The zero-order valence-corrected chi connectivity index (χ0v) is 19.4. The van der Waals surface area contributed by atoms with Crippen molar-refractivity contribution in [3.8, 4) is 0 Å². The van der Waals surface area contributed by atoms with E-state index >= 15 is 0 Å². The fourth-order valence-electron chi connectivity index (χ4n) is 3.81. The van der Waals surface area contributed by atoms with E-state index in [1.807, 2.05) is 30.3 Å². The second-order valence-electron chi connectivity index (χ2n) is 7.90. The molecule has 1 aromatic heterocycles. The number of hydrogen-bond acceptors (Lipinski definition) is 2. The molecule has 0 saturated heterocycles. The van der Waals surface area contributed by atoms with Crippen LogP contribution in [0.2, 0.25) is 0 Å². The molecule has 1 heterocycles. The molecule has 0 fully saturated rings. The summed E-state index contributed by atoms with van der Waals surface area (Å²) in [6.07, 6.45) is 1.63. The van der Waals surface area contributed by atoms with Crippen LogP contribution in [0.3, 0.4) is 0 Å². The van der Waals surface area contributed by atoms with Gasteiger partial charge in [-0.05, 0) is 61.7 Å². The first-order valence-electron chi connectivity index (χ1n) is 10.6. The molecule has 158 valence electrons. The van der Waals surface area contributed by atoms with E-state index in [0.29, 0.717) is 12.1 Å². The zero-order valence-electron chi connectivity index (χ0n) is 17.9. The minimum Gasteiger partial charge on any atom is -0.352 e. The highest BCUT2D eigenvalue weighted by atomic mass is 79.9. The Bertz CT molecular complexity index is 1230. The summed E-state index contributed by atoms with van der Waals surface area (Å²) in [5.74, 6) is 1.00. The highest BCUT2D eigenvalue weighted by Gasteiger charge is 2.12. The summed E-state index contributed by atoms with van der Waals surface area (Å²) in [6, 6.07) is 22.3. The van der Waals surface area contributed by atoms with Crippen LogP contribution < -0.4 is 5.32 Å². The summed E-state index contributed by atoms with van der Waals surface area (Å²) in [7, 11) is 0. The minimum absolute atomic E-state index is 0.0508. The standard InChI is InChI=1S/C26H26BrN3O/c1-18-12-13-19(2)21(15-18)17-30-24-10-4-3-9-23(24)29-25(30)11-6-14-28-26(31)20-7-5-8-22(27)16-20/h3-5,7-10,12-13,15-16H,6,11,14,17H2,1-2H3,(H,28,31). The smallest absolute Gasteiger partial charge is 0.251 e. The van der Waals surface area contributed by atoms with Crippen LogP contribution in [0.5, 0.6) is 0 Å². The van der Waals surface area contributed by atoms with E-state index in [-0.39, 0.29) is 5.91 Å². The number of nitrogens with one attached hydrogen (secondary N) is 1. The van der Waals surface area contributed by atoms with Gasteiger partial charge in [-0.2, -0.15) is 0 Å². The van der Waals surface area contributed by atoms with Crippen LogP contribution in [-0.4, -0.2) is 22.0 Å². The molecule has 0 spiro atoms. The molecule has 5 heteroatoms. The maximum Gasteiger partial charge on any atom is 0.251 e. The minimum atomic E-state index is -0.0508. The van der Waals surface area contributed by atoms with Gasteiger partial charge in [0.15, 0.2) is 0 Å². The molecule has 4 nitrogen and oxygen atoms in total. The van der Waals surface area contributed by atoms with Gasteiger partial charge in [0, 0.05) is 29.5 Å². The number of hydrogen-bond donors (Lipinski definition) is 1. The predicted molar refractivity (Wildman–Crippen MR) is 130 cm³/mol. The van der Waals surface area contributed by atoms with Crippen molar-refractivity contribution in [3.05, 3.63) is 99.3 Å². The van der Waals surface area contributed by atoms with Gasteiger partial charge in [0.25, 0.3) is 5.91 Å². The molecular formula is C26H26BrN3O. The molecule has 0 bridgehead atoms. The number of halogens is 1. The number of amides is 1. The summed E-state index contributed by atoms with van der Waals surface area (Å²) >= 11 is 3.41. The molecule has 0 atom stereocenters. The van der Waals surface area contributed by atoms with Crippen LogP contribution in [0.15, 0.2) is 71.2 Å². The average molecular weight is 476 g/mol. The van der Waals surface area contributed by atoms with Crippen LogP contribution >= 0.6 is 15.9 Å². The number of rotatable bonds is 7. The van der Waals surface area contributed by atoms with Crippen molar-refractivity contribution in [2.45, 2.75) is 33.2 Å². The summed E-state index contributed by atoms with van der Waals surface area (Å²) in [5, 5.41) is 3.02. The van der Waals surface area contributed by atoms with E-state index in [1.54, 1.807) is 0 Å². The molecule has 31 heavy (non-hydrogen) atoms. The number of benzene rings is 3. The number of nitrogens with zero attached hydrogens (tertiary/aromatic N) is 2. The maximum atomic E-state index is 12.4. The Labute approximate surface area is 191 Å². The van der Waals surface area contributed by atoms with Gasteiger partial charge in [0.05, 0.1) is 11.0 Å². The largest absolute Gasteiger partial charge is 0.352 e. The topological polar surface area (TPSA) is 46.9 Å². The molecular weight excluding hydrogens is 450 g/mol. The molecule has 1 N–H and O–H groups in total. The van der Waals surface area contributed by atoms with E-state index in [9.17, 15) is 4.79 Å². The molecule has 0 aliphatic heterocycles. The SMILES string of the molecule is Cc1ccc(C)c(Cn2c(CCCNC(=O)c3cccc(Br)c3)nc3ccccc32)c1. The van der Waals surface area contributed by atoms with Crippen LogP contribution in [-0.2, 0) is 13.0 Å². The Morgan fingerprint density at radius 2 is 1.87 bits per heavy atom. The lowest BCUT2D eigenvalue weighted by Gasteiger charge is -2.13. The fourth-order valence-corrected chi connectivity index (χ4v) is 4.21. The molecule has 0 unspecified atom stereocenters. The Kier molecular flexibility index (Phi) is 6.52. The van der Waals surface area contributed by atoms with E-state index < -0.39 is 0 Å². The number of imidazole rings is 1. The van der Waals surface area contributed by atoms with Gasteiger partial charge in [-0.1, -0.05) is 57.9 Å². The van der Waals surface area contributed by atoms with Gasteiger partial charge in [0.2, 0.25) is 0 Å². The van der Waals surface area contributed by atoms with Gasteiger partial charge in [-0.3, -0.25) is 4.79 Å². The Morgan fingerprint density at radius 1 is 1.03 bits per heavy atom. The third-order valence-electron chi connectivity index (χ3n) is 5.52. The quantitative estimate of drug-likeness (QED) is 0.342. The number of carbonyl (C=O) groups is 1. The maximum absolute atomic E-state index is 12.4. The molecule has 0 saturated carbocycles. The molecule has 0 radical (unpaired) electrons. The van der Waals surface area contributed by atoms with E-state index in [2.05, 4.69) is 76.1 Å². The Morgan fingerprint density at radius 3 is 2.71 bits per heavy atom. The number of carbonyl (C=O) groups excluding carboxylic acids is 1. The van der Waals surface area contributed by atoms with Crippen molar-refractivity contribution in [2.75, 3.05) is 6.54 Å².